The predicted octanol–water partition coefficient (Wildman–Crippen LogP) is 3.06. The van der Waals surface area contributed by atoms with Crippen LogP contribution in [0.4, 0.5) is 0 Å². The molecular formula is C10H9NOS. The first-order chi connectivity index (χ1) is 6.40. The summed E-state index contributed by atoms with van der Waals surface area (Å²) < 4.78 is 5.47. The van der Waals surface area contributed by atoms with E-state index in [-0.39, 0.29) is 0 Å². The molecule has 1 heterocycles. The van der Waals surface area contributed by atoms with E-state index in [1.807, 2.05) is 36.6 Å². The van der Waals surface area contributed by atoms with Crippen LogP contribution in [-0.4, -0.2) is 11.2 Å². The highest BCUT2D eigenvalue weighted by Gasteiger charge is 2.03. The van der Waals surface area contributed by atoms with Crippen LogP contribution in [0.15, 0.2) is 46.0 Å². The molecule has 2 nitrogen and oxygen atoms in total. The molecule has 0 aliphatic carbocycles. The normalized spacial score (nSPS) is 10.2. The average molecular weight is 191 g/mol. The Balaban J connectivity index is 2.36. The van der Waals surface area contributed by atoms with Crippen LogP contribution in [0.25, 0.3) is 11.5 Å². The number of thioether (sulfide) groups is 1. The molecule has 13 heavy (non-hydrogen) atoms. The van der Waals surface area contributed by atoms with Crippen LogP contribution in [0.5, 0.6) is 0 Å². The monoisotopic (exact) mass is 191 g/mol. The Bertz CT molecular complexity index is 383. The van der Waals surface area contributed by atoms with Gasteiger partial charge in [0.1, 0.15) is 0 Å². The Morgan fingerprint density at radius 1 is 1.23 bits per heavy atom. The van der Waals surface area contributed by atoms with Crippen molar-refractivity contribution in [3.8, 4) is 11.5 Å². The highest BCUT2D eigenvalue weighted by atomic mass is 32.2. The molecule has 0 fully saturated rings. The second kappa shape index (κ2) is 3.66. The third kappa shape index (κ3) is 1.75. The molecule has 0 amide bonds. The zero-order valence-corrected chi connectivity index (χ0v) is 8.04. The fraction of sp³-hybridized carbons (Fsp3) is 0.100. The van der Waals surface area contributed by atoms with Gasteiger partial charge in [-0.2, -0.15) is 0 Å². The molecule has 0 N–H and O–H groups in total. The first-order valence-corrected chi connectivity index (χ1v) is 5.18. The van der Waals surface area contributed by atoms with E-state index in [2.05, 4.69) is 4.98 Å². The van der Waals surface area contributed by atoms with Gasteiger partial charge < -0.3 is 4.42 Å². The van der Waals surface area contributed by atoms with Crippen molar-refractivity contribution in [3.63, 3.8) is 0 Å². The third-order valence-corrected chi connectivity index (χ3v) is 2.30. The van der Waals surface area contributed by atoms with Crippen molar-refractivity contribution in [1.82, 2.24) is 4.98 Å². The maximum absolute atomic E-state index is 5.47. The van der Waals surface area contributed by atoms with Gasteiger partial charge in [0.15, 0.2) is 5.09 Å². The van der Waals surface area contributed by atoms with Crippen LogP contribution in [0.2, 0.25) is 0 Å². The molecule has 0 bridgehead atoms. The van der Waals surface area contributed by atoms with Crippen LogP contribution >= 0.6 is 11.8 Å². The summed E-state index contributed by atoms with van der Waals surface area (Å²) in [6, 6.07) is 9.88. The smallest absolute Gasteiger partial charge is 0.227 e. The van der Waals surface area contributed by atoms with E-state index in [0.29, 0.717) is 5.89 Å². The minimum atomic E-state index is 0.685. The van der Waals surface area contributed by atoms with Crippen molar-refractivity contribution in [3.05, 3.63) is 36.5 Å². The van der Waals surface area contributed by atoms with E-state index >= 15 is 0 Å². The van der Waals surface area contributed by atoms with Gasteiger partial charge in [-0.05, 0) is 18.4 Å². The van der Waals surface area contributed by atoms with Gasteiger partial charge in [0.25, 0.3) is 0 Å². The SMILES string of the molecule is CSc1cnc(-c2ccccc2)o1. The fourth-order valence-corrected chi connectivity index (χ4v) is 1.39. The highest BCUT2D eigenvalue weighted by molar-refractivity contribution is 7.98. The average Bonchev–Trinajstić information content (AvgIpc) is 2.67. The van der Waals surface area contributed by atoms with Crippen molar-refractivity contribution >= 4 is 11.8 Å². The predicted molar refractivity (Wildman–Crippen MR) is 53.7 cm³/mol. The summed E-state index contributed by atoms with van der Waals surface area (Å²) in [4.78, 5) is 4.17. The molecule has 3 heteroatoms. The molecular weight excluding hydrogens is 182 g/mol. The van der Waals surface area contributed by atoms with Crippen molar-refractivity contribution in [1.29, 1.82) is 0 Å². The molecule has 0 unspecified atom stereocenters. The summed E-state index contributed by atoms with van der Waals surface area (Å²) in [5.74, 6) is 0.685. The maximum atomic E-state index is 5.47. The van der Waals surface area contributed by atoms with Gasteiger partial charge in [0, 0.05) is 5.56 Å². The second-order valence-corrected chi connectivity index (χ2v) is 3.37. The van der Waals surface area contributed by atoms with E-state index in [1.54, 1.807) is 18.0 Å². The quantitative estimate of drug-likeness (QED) is 0.682. The van der Waals surface area contributed by atoms with Crippen molar-refractivity contribution in [2.75, 3.05) is 6.26 Å². The largest absolute Gasteiger partial charge is 0.430 e. The zero-order chi connectivity index (χ0) is 9.10. The lowest BCUT2D eigenvalue weighted by Crippen LogP contribution is -1.73. The summed E-state index contributed by atoms with van der Waals surface area (Å²) >= 11 is 1.56. The van der Waals surface area contributed by atoms with E-state index in [4.69, 9.17) is 4.42 Å². The van der Waals surface area contributed by atoms with Gasteiger partial charge in [-0.1, -0.05) is 30.0 Å². The Morgan fingerprint density at radius 3 is 2.62 bits per heavy atom. The number of benzene rings is 1. The van der Waals surface area contributed by atoms with Gasteiger partial charge in [0.05, 0.1) is 6.20 Å². The van der Waals surface area contributed by atoms with Crippen LogP contribution in [0.1, 0.15) is 0 Å². The number of hydrogen-bond donors (Lipinski definition) is 0. The van der Waals surface area contributed by atoms with E-state index in [9.17, 15) is 0 Å². The minimum Gasteiger partial charge on any atom is -0.430 e. The second-order valence-electron chi connectivity index (χ2n) is 2.55. The number of nitrogens with zero attached hydrogens (tertiary/aromatic N) is 1. The molecule has 0 saturated heterocycles. The first-order valence-electron chi connectivity index (χ1n) is 3.95. The standard InChI is InChI=1S/C10H9NOS/c1-13-9-7-11-10(12-9)8-5-3-2-4-6-8/h2-7H,1H3. The number of hydrogen-bond acceptors (Lipinski definition) is 3. The Hall–Kier alpha value is -1.22. The topological polar surface area (TPSA) is 26.0 Å². The molecule has 0 aliphatic heterocycles. The summed E-state index contributed by atoms with van der Waals surface area (Å²) in [6.07, 6.45) is 3.71. The van der Waals surface area contributed by atoms with Gasteiger partial charge in [-0.3, -0.25) is 0 Å². The van der Waals surface area contributed by atoms with E-state index in [1.165, 1.54) is 0 Å². The molecule has 2 aromatic rings. The number of rotatable bonds is 2. The van der Waals surface area contributed by atoms with Gasteiger partial charge >= 0.3 is 0 Å². The lowest BCUT2D eigenvalue weighted by Gasteiger charge is -1.92. The summed E-state index contributed by atoms with van der Waals surface area (Å²) in [5.41, 5.74) is 1.02. The van der Waals surface area contributed by atoms with Gasteiger partial charge in [-0.15, -0.1) is 0 Å². The van der Waals surface area contributed by atoms with E-state index < -0.39 is 0 Å². The molecule has 0 saturated carbocycles. The fourth-order valence-electron chi connectivity index (χ4n) is 1.07. The Labute approximate surface area is 81.0 Å². The summed E-state index contributed by atoms with van der Waals surface area (Å²) in [5, 5.41) is 0.846. The van der Waals surface area contributed by atoms with Crippen molar-refractivity contribution < 1.29 is 4.42 Å². The van der Waals surface area contributed by atoms with Crippen LogP contribution in [0, 0.1) is 0 Å². The first kappa shape index (κ1) is 8.38. The lowest BCUT2D eigenvalue weighted by molar-refractivity contribution is 0.485. The molecule has 2 rings (SSSR count). The van der Waals surface area contributed by atoms with Crippen LogP contribution in [-0.2, 0) is 0 Å². The highest BCUT2D eigenvalue weighted by Crippen LogP contribution is 2.22. The van der Waals surface area contributed by atoms with Gasteiger partial charge in [0.2, 0.25) is 5.89 Å². The molecule has 66 valence electrons. The van der Waals surface area contributed by atoms with Crippen LogP contribution in [0.3, 0.4) is 0 Å². The number of aromatic nitrogens is 1. The maximum Gasteiger partial charge on any atom is 0.227 e. The molecule has 0 spiro atoms. The summed E-state index contributed by atoms with van der Waals surface area (Å²) in [6.45, 7) is 0. The molecule has 0 radical (unpaired) electrons. The summed E-state index contributed by atoms with van der Waals surface area (Å²) in [7, 11) is 0. The van der Waals surface area contributed by atoms with Crippen LogP contribution < -0.4 is 0 Å². The van der Waals surface area contributed by atoms with Gasteiger partial charge in [-0.25, -0.2) is 4.98 Å². The molecule has 0 aliphatic rings. The number of oxazole rings is 1. The molecule has 1 aromatic carbocycles. The lowest BCUT2D eigenvalue weighted by atomic mass is 10.2. The zero-order valence-electron chi connectivity index (χ0n) is 7.23. The van der Waals surface area contributed by atoms with Crippen molar-refractivity contribution in [2.24, 2.45) is 0 Å². The Morgan fingerprint density at radius 2 is 2.00 bits per heavy atom. The third-order valence-electron chi connectivity index (χ3n) is 1.71. The van der Waals surface area contributed by atoms with Crippen molar-refractivity contribution in [2.45, 2.75) is 5.09 Å². The minimum absolute atomic E-state index is 0.685. The molecule has 1 aromatic heterocycles. The molecule has 0 atom stereocenters. The van der Waals surface area contributed by atoms with E-state index in [0.717, 1.165) is 10.7 Å². The Kier molecular flexibility index (Phi) is 2.36.